The summed E-state index contributed by atoms with van der Waals surface area (Å²) < 4.78 is 16.7. The standard InChI is InChI=1S/C28H35NO6/c1-3-19-9-12-28(13-10-19,27(31)32)29-26(30)22-7-8-24(33-2)25(16-22)35-14-11-20-5-4-6-21(15-20)23-17-34-18-23/h4-8,15-16,19,23H,3,9-14,17-18H2,1-2H3,(H,29,30)(H,31,32)/t19-,28-. The molecule has 0 unspecified atom stereocenters. The van der Waals surface area contributed by atoms with E-state index in [4.69, 9.17) is 14.2 Å². The highest BCUT2D eigenvalue weighted by Crippen LogP contribution is 2.35. The fraction of sp³-hybridized carbons (Fsp3) is 0.500. The van der Waals surface area contributed by atoms with Crippen molar-refractivity contribution in [3.63, 3.8) is 0 Å². The second-order valence-corrected chi connectivity index (χ2v) is 9.64. The van der Waals surface area contributed by atoms with Crippen LogP contribution in [0.5, 0.6) is 11.5 Å². The molecule has 2 aromatic carbocycles. The monoisotopic (exact) mass is 481 g/mol. The van der Waals surface area contributed by atoms with Crippen molar-refractivity contribution in [2.24, 2.45) is 5.92 Å². The van der Waals surface area contributed by atoms with Crippen LogP contribution < -0.4 is 14.8 Å². The lowest BCUT2D eigenvalue weighted by molar-refractivity contribution is -0.146. The molecule has 1 heterocycles. The summed E-state index contributed by atoms with van der Waals surface area (Å²) >= 11 is 0. The lowest BCUT2D eigenvalue weighted by Gasteiger charge is -2.37. The number of methoxy groups -OCH3 is 1. The van der Waals surface area contributed by atoms with Crippen LogP contribution in [-0.2, 0) is 16.0 Å². The summed E-state index contributed by atoms with van der Waals surface area (Å²) in [4.78, 5) is 25.2. The summed E-state index contributed by atoms with van der Waals surface area (Å²) in [6.45, 7) is 4.09. The minimum absolute atomic E-state index is 0.353. The van der Waals surface area contributed by atoms with Gasteiger partial charge in [0, 0.05) is 17.9 Å². The number of carbonyl (C=O) groups is 2. The van der Waals surface area contributed by atoms with Gasteiger partial charge in [0.15, 0.2) is 11.5 Å². The Morgan fingerprint density at radius 2 is 1.89 bits per heavy atom. The summed E-state index contributed by atoms with van der Waals surface area (Å²) in [6.07, 6.45) is 4.23. The average Bonchev–Trinajstić information content (AvgIpc) is 2.83. The fourth-order valence-corrected chi connectivity index (χ4v) is 4.90. The quantitative estimate of drug-likeness (QED) is 0.516. The van der Waals surface area contributed by atoms with Crippen molar-refractivity contribution in [2.45, 2.75) is 56.9 Å². The van der Waals surface area contributed by atoms with Crippen molar-refractivity contribution >= 4 is 11.9 Å². The number of carbonyl (C=O) groups excluding carboxylic acids is 1. The molecule has 0 radical (unpaired) electrons. The molecule has 0 aromatic heterocycles. The zero-order chi connectivity index (χ0) is 24.8. The first kappa shape index (κ1) is 25.0. The molecule has 1 saturated carbocycles. The molecule has 4 rings (SSSR count). The van der Waals surface area contributed by atoms with Gasteiger partial charge < -0.3 is 24.6 Å². The van der Waals surface area contributed by atoms with Crippen LogP contribution in [0.2, 0.25) is 0 Å². The third-order valence-electron chi connectivity index (χ3n) is 7.43. The molecular weight excluding hydrogens is 446 g/mol. The summed E-state index contributed by atoms with van der Waals surface area (Å²) in [7, 11) is 1.55. The average molecular weight is 482 g/mol. The zero-order valence-electron chi connectivity index (χ0n) is 20.5. The van der Waals surface area contributed by atoms with Gasteiger partial charge >= 0.3 is 5.97 Å². The molecule has 7 nitrogen and oxygen atoms in total. The van der Waals surface area contributed by atoms with Gasteiger partial charge in [0.1, 0.15) is 5.54 Å². The van der Waals surface area contributed by atoms with E-state index in [1.54, 1.807) is 25.3 Å². The number of ether oxygens (including phenoxy) is 3. The molecular formula is C28H35NO6. The van der Waals surface area contributed by atoms with Crippen molar-refractivity contribution in [1.29, 1.82) is 0 Å². The number of aliphatic carboxylic acids is 1. The fourth-order valence-electron chi connectivity index (χ4n) is 4.90. The maximum Gasteiger partial charge on any atom is 0.329 e. The number of carboxylic acid groups (broad SMARTS) is 1. The number of benzene rings is 2. The van der Waals surface area contributed by atoms with Gasteiger partial charge in [-0.05, 0) is 60.9 Å². The molecule has 0 spiro atoms. The van der Waals surface area contributed by atoms with Crippen molar-refractivity contribution in [1.82, 2.24) is 5.32 Å². The Labute approximate surface area is 206 Å². The number of nitrogens with one attached hydrogen (secondary N) is 1. The van der Waals surface area contributed by atoms with E-state index in [1.807, 2.05) is 0 Å². The molecule has 1 amide bonds. The Hall–Kier alpha value is -3.06. The number of carboxylic acids is 1. The first-order valence-electron chi connectivity index (χ1n) is 12.5. The minimum Gasteiger partial charge on any atom is -0.493 e. The van der Waals surface area contributed by atoms with Crippen LogP contribution in [0.1, 0.15) is 66.4 Å². The van der Waals surface area contributed by atoms with E-state index in [9.17, 15) is 14.7 Å². The van der Waals surface area contributed by atoms with E-state index in [0.717, 1.165) is 32.5 Å². The Bertz CT molecular complexity index is 1040. The highest BCUT2D eigenvalue weighted by Gasteiger charge is 2.43. The molecule has 2 fully saturated rings. The van der Waals surface area contributed by atoms with Gasteiger partial charge in [-0.1, -0.05) is 37.6 Å². The molecule has 1 aliphatic heterocycles. The van der Waals surface area contributed by atoms with Gasteiger partial charge in [-0.25, -0.2) is 4.79 Å². The molecule has 0 bridgehead atoms. The van der Waals surface area contributed by atoms with E-state index in [1.165, 1.54) is 11.1 Å². The van der Waals surface area contributed by atoms with Gasteiger partial charge in [-0.3, -0.25) is 4.79 Å². The Balaban J connectivity index is 1.41. The van der Waals surface area contributed by atoms with E-state index in [-0.39, 0.29) is 0 Å². The maximum atomic E-state index is 13.1. The Morgan fingerprint density at radius 1 is 1.11 bits per heavy atom. The normalized spacial score (nSPS) is 22.2. The smallest absolute Gasteiger partial charge is 0.329 e. The summed E-state index contributed by atoms with van der Waals surface area (Å²) in [5.41, 5.74) is 1.59. The molecule has 35 heavy (non-hydrogen) atoms. The third kappa shape index (κ3) is 5.78. The van der Waals surface area contributed by atoms with Crippen molar-refractivity contribution in [3.05, 3.63) is 59.2 Å². The zero-order valence-corrected chi connectivity index (χ0v) is 20.5. The molecule has 1 saturated heterocycles. The molecule has 1 aliphatic carbocycles. The predicted octanol–water partition coefficient (Wildman–Crippen LogP) is 4.58. The second-order valence-electron chi connectivity index (χ2n) is 9.64. The van der Waals surface area contributed by atoms with Crippen LogP contribution in [0, 0.1) is 5.92 Å². The van der Waals surface area contributed by atoms with E-state index in [0.29, 0.717) is 54.8 Å². The number of rotatable bonds is 10. The molecule has 0 atom stereocenters. The molecule has 188 valence electrons. The highest BCUT2D eigenvalue weighted by molar-refractivity contribution is 5.98. The van der Waals surface area contributed by atoms with Gasteiger partial charge in [-0.15, -0.1) is 0 Å². The number of hydrogen-bond acceptors (Lipinski definition) is 5. The van der Waals surface area contributed by atoms with Crippen LogP contribution in [0.3, 0.4) is 0 Å². The highest BCUT2D eigenvalue weighted by atomic mass is 16.5. The molecule has 7 heteroatoms. The van der Waals surface area contributed by atoms with Gasteiger partial charge in [0.2, 0.25) is 0 Å². The van der Waals surface area contributed by atoms with Crippen LogP contribution in [0.25, 0.3) is 0 Å². The van der Waals surface area contributed by atoms with E-state index in [2.05, 4.69) is 36.5 Å². The Morgan fingerprint density at radius 3 is 2.51 bits per heavy atom. The largest absolute Gasteiger partial charge is 0.493 e. The van der Waals surface area contributed by atoms with Crippen LogP contribution in [0.4, 0.5) is 0 Å². The van der Waals surface area contributed by atoms with Gasteiger partial charge in [0.05, 0.1) is 26.9 Å². The minimum atomic E-state index is -1.22. The lowest BCUT2D eigenvalue weighted by Crippen LogP contribution is -2.56. The van der Waals surface area contributed by atoms with E-state index < -0.39 is 17.4 Å². The molecule has 2 aromatic rings. The van der Waals surface area contributed by atoms with Crippen LogP contribution in [-0.4, -0.2) is 49.5 Å². The molecule has 2 N–H and O–H groups in total. The van der Waals surface area contributed by atoms with Gasteiger partial charge in [0.25, 0.3) is 5.91 Å². The SMILES string of the molecule is CC[C@H]1CC[C@@](NC(=O)c2ccc(OC)c(OCCc3cccc(C4COC4)c3)c2)(C(=O)O)CC1. The maximum absolute atomic E-state index is 13.1. The summed E-state index contributed by atoms with van der Waals surface area (Å²) in [6, 6.07) is 13.4. The summed E-state index contributed by atoms with van der Waals surface area (Å²) in [5.74, 6) is 0.591. The summed E-state index contributed by atoms with van der Waals surface area (Å²) in [5, 5.41) is 12.7. The second kappa shape index (κ2) is 11.1. The third-order valence-corrected chi connectivity index (χ3v) is 7.43. The first-order valence-corrected chi connectivity index (χ1v) is 12.5. The van der Waals surface area contributed by atoms with Crippen molar-refractivity contribution in [2.75, 3.05) is 26.9 Å². The number of amides is 1. The predicted molar refractivity (Wildman–Crippen MR) is 132 cm³/mol. The van der Waals surface area contributed by atoms with E-state index >= 15 is 0 Å². The topological polar surface area (TPSA) is 94.1 Å². The van der Waals surface area contributed by atoms with Crippen molar-refractivity contribution in [3.8, 4) is 11.5 Å². The van der Waals surface area contributed by atoms with Gasteiger partial charge in [-0.2, -0.15) is 0 Å². The number of hydrogen-bond donors (Lipinski definition) is 2. The molecule has 2 aliphatic rings. The van der Waals surface area contributed by atoms with Crippen LogP contribution >= 0.6 is 0 Å². The first-order chi connectivity index (χ1) is 16.9. The van der Waals surface area contributed by atoms with Crippen LogP contribution in [0.15, 0.2) is 42.5 Å². The van der Waals surface area contributed by atoms with Crippen molar-refractivity contribution < 1.29 is 28.9 Å². The Kier molecular flexibility index (Phi) is 7.96. The lowest BCUT2D eigenvalue weighted by atomic mass is 9.75.